The minimum absolute atomic E-state index is 0.0885. The summed E-state index contributed by atoms with van der Waals surface area (Å²) in [6.45, 7) is 4.59. The molecule has 1 N–H and O–H groups in total. The van der Waals surface area contributed by atoms with E-state index in [9.17, 15) is 0 Å². The van der Waals surface area contributed by atoms with Gasteiger partial charge in [-0.3, -0.25) is 4.68 Å². The molecule has 0 saturated carbocycles. The molecule has 5 rings (SSSR count). The molecule has 1 aliphatic heterocycles. The number of ether oxygens (including phenoxy) is 2. The van der Waals surface area contributed by atoms with Crippen molar-refractivity contribution in [2.24, 2.45) is 14.1 Å². The Morgan fingerprint density at radius 3 is 2.85 bits per heavy atom. The Morgan fingerprint density at radius 1 is 1.12 bits per heavy atom. The number of aryl methyl sites for hydroxylation is 3. The van der Waals surface area contributed by atoms with E-state index in [2.05, 4.69) is 37.4 Å². The molecule has 0 aliphatic carbocycles. The zero-order chi connectivity index (χ0) is 22.9. The maximum absolute atomic E-state index is 6.40. The van der Waals surface area contributed by atoms with Crippen LogP contribution in [0.15, 0.2) is 36.9 Å². The van der Waals surface area contributed by atoms with E-state index >= 15 is 0 Å². The van der Waals surface area contributed by atoms with Gasteiger partial charge in [-0.1, -0.05) is 6.92 Å². The fourth-order valence-electron chi connectivity index (χ4n) is 3.86. The molecule has 33 heavy (non-hydrogen) atoms. The molecule has 0 unspecified atom stereocenters. The highest BCUT2D eigenvalue weighted by molar-refractivity contribution is 5.74. The van der Waals surface area contributed by atoms with E-state index in [-0.39, 0.29) is 6.10 Å². The van der Waals surface area contributed by atoms with E-state index in [1.165, 1.54) is 0 Å². The third kappa shape index (κ3) is 4.11. The van der Waals surface area contributed by atoms with Crippen LogP contribution in [0, 0.1) is 0 Å². The summed E-state index contributed by atoms with van der Waals surface area (Å²) in [5.74, 6) is 3.13. The number of nitrogens with one attached hydrogen (secondary N) is 1. The van der Waals surface area contributed by atoms with Crippen LogP contribution < -0.4 is 14.8 Å². The van der Waals surface area contributed by atoms with Crippen molar-refractivity contribution in [3.63, 3.8) is 0 Å². The number of pyridine rings is 1. The first-order valence-corrected chi connectivity index (χ1v) is 11.0. The standard InChI is InChI=1S/C23H26N8O2/c1-5-18-17(13-30(3)29-18)15-11-25-21-10-19(15)33-14(2)7-9-32-23-16(12-26-31(23)4)22-24-8-6-20(27-21)28-22/h6,8,10-14H,5,7,9H2,1-4H3,(H,24,25,27,28)/t14-/m0/s1. The lowest BCUT2D eigenvalue weighted by atomic mass is 10.1. The summed E-state index contributed by atoms with van der Waals surface area (Å²) in [6, 6.07) is 3.70. The first-order valence-electron chi connectivity index (χ1n) is 11.0. The van der Waals surface area contributed by atoms with Crippen LogP contribution >= 0.6 is 0 Å². The summed E-state index contributed by atoms with van der Waals surface area (Å²) >= 11 is 0. The van der Waals surface area contributed by atoms with E-state index in [1.807, 2.05) is 44.2 Å². The number of hydrogen-bond acceptors (Lipinski definition) is 8. The van der Waals surface area contributed by atoms with Crippen molar-refractivity contribution in [3.8, 4) is 34.1 Å². The molecule has 4 aromatic rings. The van der Waals surface area contributed by atoms with E-state index in [0.717, 1.165) is 34.6 Å². The molecule has 5 heterocycles. The van der Waals surface area contributed by atoms with Crippen molar-refractivity contribution in [1.29, 1.82) is 0 Å². The Labute approximate surface area is 191 Å². The SMILES string of the molecule is CCc1nn(C)cc1-c1cnc2cc1O[C@@H](C)CCOc1c(cnn1C)-c1nccc(n1)N2. The minimum Gasteiger partial charge on any atom is -0.490 e. The van der Waals surface area contributed by atoms with Gasteiger partial charge in [0, 0.05) is 56.3 Å². The first kappa shape index (κ1) is 20.9. The average molecular weight is 447 g/mol. The topological polar surface area (TPSA) is 105 Å². The number of fused-ring (bicyclic) bond motifs is 6. The van der Waals surface area contributed by atoms with Gasteiger partial charge in [-0.25, -0.2) is 19.6 Å². The Kier molecular flexibility index (Phi) is 5.41. The van der Waals surface area contributed by atoms with Gasteiger partial charge in [-0.15, -0.1) is 0 Å². The Balaban J connectivity index is 1.59. The number of rotatable bonds is 2. The van der Waals surface area contributed by atoms with Gasteiger partial charge < -0.3 is 14.8 Å². The minimum atomic E-state index is -0.0885. The lowest BCUT2D eigenvalue weighted by Crippen LogP contribution is -2.17. The van der Waals surface area contributed by atoms with Crippen LogP contribution in [-0.2, 0) is 20.5 Å². The normalized spacial score (nSPS) is 15.6. The van der Waals surface area contributed by atoms with Crippen LogP contribution in [0.4, 0.5) is 11.6 Å². The van der Waals surface area contributed by atoms with E-state index in [0.29, 0.717) is 36.4 Å². The summed E-state index contributed by atoms with van der Waals surface area (Å²) in [7, 11) is 3.76. The largest absolute Gasteiger partial charge is 0.490 e. The fraction of sp³-hybridized carbons (Fsp3) is 0.348. The van der Waals surface area contributed by atoms with Gasteiger partial charge in [0.2, 0.25) is 5.88 Å². The molecule has 4 bridgehead atoms. The highest BCUT2D eigenvalue weighted by atomic mass is 16.5. The molecular formula is C23H26N8O2. The van der Waals surface area contributed by atoms with Crippen molar-refractivity contribution in [2.75, 3.05) is 11.9 Å². The van der Waals surface area contributed by atoms with Gasteiger partial charge in [0.05, 0.1) is 24.6 Å². The molecule has 0 aromatic carbocycles. The molecule has 0 spiro atoms. The zero-order valence-corrected chi connectivity index (χ0v) is 19.1. The third-order valence-corrected chi connectivity index (χ3v) is 5.52. The van der Waals surface area contributed by atoms with Crippen molar-refractivity contribution in [2.45, 2.75) is 32.8 Å². The number of aromatic nitrogens is 7. The Morgan fingerprint density at radius 2 is 2.00 bits per heavy atom. The molecule has 0 saturated heterocycles. The Hall–Kier alpha value is -3.95. The van der Waals surface area contributed by atoms with Crippen molar-refractivity contribution in [1.82, 2.24) is 34.5 Å². The molecule has 0 fully saturated rings. The zero-order valence-electron chi connectivity index (χ0n) is 19.1. The molecule has 4 aromatic heterocycles. The predicted molar refractivity (Wildman–Crippen MR) is 124 cm³/mol. The van der Waals surface area contributed by atoms with Crippen molar-refractivity contribution < 1.29 is 9.47 Å². The average Bonchev–Trinajstić information content (AvgIpc) is 3.36. The highest BCUT2D eigenvalue weighted by Gasteiger charge is 2.20. The smallest absolute Gasteiger partial charge is 0.222 e. The molecule has 1 atom stereocenters. The van der Waals surface area contributed by atoms with Crippen molar-refractivity contribution in [3.05, 3.63) is 42.6 Å². The van der Waals surface area contributed by atoms with Crippen LogP contribution in [-0.4, -0.2) is 47.2 Å². The summed E-state index contributed by atoms with van der Waals surface area (Å²) < 4.78 is 16.0. The molecule has 10 heteroatoms. The van der Waals surface area contributed by atoms with Gasteiger partial charge in [0.1, 0.15) is 22.9 Å². The lowest BCUT2D eigenvalue weighted by molar-refractivity contribution is 0.173. The van der Waals surface area contributed by atoms with Gasteiger partial charge in [-0.05, 0) is 19.4 Å². The Bertz CT molecular complexity index is 1300. The summed E-state index contributed by atoms with van der Waals surface area (Å²) in [4.78, 5) is 13.7. The monoisotopic (exact) mass is 446 g/mol. The summed E-state index contributed by atoms with van der Waals surface area (Å²) in [5, 5.41) is 12.2. The third-order valence-electron chi connectivity index (χ3n) is 5.52. The highest BCUT2D eigenvalue weighted by Crippen LogP contribution is 2.35. The quantitative estimate of drug-likeness (QED) is 0.499. The maximum Gasteiger partial charge on any atom is 0.222 e. The fourth-order valence-corrected chi connectivity index (χ4v) is 3.86. The van der Waals surface area contributed by atoms with Crippen LogP contribution in [0.3, 0.4) is 0 Å². The molecule has 170 valence electrons. The number of anilines is 2. The molecule has 10 nitrogen and oxygen atoms in total. The number of hydrogen-bond donors (Lipinski definition) is 1. The second-order valence-electron chi connectivity index (χ2n) is 8.03. The van der Waals surface area contributed by atoms with Gasteiger partial charge in [-0.2, -0.15) is 10.2 Å². The lowest BCUT2D eigenvalue weighted by Gasteiger charge is -2.19. The molecular weight excluding hydrogens is 420 g/mol. The number of nitrogens with zero attached hydrogens (tertiary/aromatic N) is 7. The molecule has 0 radical (unpaired) electrons. The summed E-state index contributed by atoms with van der Waals surface area (Å²) in [5.41, 5.74) is 3.66. The second kappa shape index (κ2) is 8.53. The van der Waals surface area contributed by atoms with Gasteiger partial charge in [0.15, 0.2) is 5.82 Å². The molecule has 0 amide bonds. The van der Waals surface area contributed by atoms with Gasteiger partial charge in [0.25, 0.3) is 0 Å². The van der Waals surface area contributed by atoms with E-state index in [4.69, 9.17) is 9.47 Å². The van der Waals surface area contributed by atoms with Gasteiger partial charge >= 0.3 is 0 Å². The first-order chi connectivity index (χ1) is 16.0. The second-order valence-corrected chi connectivity index (χ2v) is 8.03. The summed E-state index contributed by atoms with van der Waals surface area (Å²) in [6.07, 6.45) is 8.65. The van der Waals surface area contributed by atoms with Crippen LogP contribution in [0.5, 0.6) is 11.6 Å². The van der Waals surface area contributed by atoms with Crippen molar-refractivity contribution >= 4 is 11.6 Å². The van der Waals surface area contributed by atoms with E-state index < -0.39 is 0 Å². The molecule has 1 aliphatic rings. The van der Waals surface area contributed by atoms with Crippen LogP contribution in [0.1, 0.15) is 26.0 Å². The predicted octanol–water partition coefficient (Wildman–Crippen LogP) is 3.53. The van der Waals surface area contributed by atoms with Crippen LogP contribution in [0.2, 0.25) is 0 Å². The van der Waals surface area contributed by atoms with E-state index in [1.54, 1.807) is 23.1 Å². The van der Waals surface area contributed by atoms with Crippen LogP contribution in [0.25, 0.3) is 22.5 Å². The maximum atomic E-state index is 6.40.